The van der Waals surface area contributed by atoms with Gasteiger partial charge in [-0.05, 0) is 43.2 Å². The lowest BCUT2D eigenvalue weighted by atomic mass is 9.81. The lowest BCUT2D eigenvalue weighted by Gasteiger charge is -2.35. The third-order valence-electron chi connectivity index (χ3n) is 4.58. The fraction of sp³-hybridized carbons (Fsp3) is 0.625. The average Bonchev–Trinajstić information content (AvgIpc) is 2.59. The first-order valence-electron chi connectivity index (χ1n) is 7.39. The number of benzene rings is 1. The molecule has 2 fully saturated rings. The van der Waals surface area contributed by atoms with Crippen LogP contribution in [0.25, 0.3) is 0 Å². The summed E-state index contributed by atoms with van der Waals surface area (Å²) in [6.07, 6.45) is 3.48. The molecular formula is C16H23NOS. The summed E-state index contributed by atoms with van der Waals surface area (Å²) >= 11 is 0. The van der Waals surface area contributed by atoms with Crippen molar-refractivity contribution in [2.75, 3.05) is 12.3 Å². The van der Waals surface area contributed by atoms with E-state index < -0.39 is 10.8 Å². The Morgan fingerprint density at radius 3 is 2.79 bits per heavy atom. The Morgan fingerprint density at radius 1 is 1.21 bits per heavy atom. The molecule has 1 aromatic carbocycles. The molecule has 3 rings (SSSR count). The van der Waals surface area contributed by atoms with Crippen LogP contribution >= 0.6 is 0 Å². The van der Waals surface area contributed by atoms with Gasteiger partial charge in [-0.3, -0.25) is 4.21 Å². The molecule has 19 heavy (non-hydrogen) atoms. The van der Waals surface area contributed by atoms with Gasteiger partial charge in [0, 0.05) is 22.6 Å². The first-order chi connectivity index (χ1) is 9.24. The van der Waals surface area contributed by atoms with Gasteiger partial charge in [0.25, 0.3) is 0 Å². The van der Waals surface area contributed by atoms with E-state index >= 15 is 0 Å². The summed E-state index contributed by atoms with van der Waals surface area (Å²) in [7, 11) is -0.661. The molecule has 0 radical (unpaired) electrons. The second kappa shape index (κ2) is 5.76. The number of rotatable bonds is 1. The highest BCUT2D eigenvalue weighted by Gasteiger charge is 2.36. The van der Waals surface area contributed by atoms with Crippen LogP contribution in [0.2, 0.25) is 0 Å². The van der Waals surface area contributed by atoms with E-state index in [1.54, 1.807) is 0 Å². The predicted octanol–water partition coefficient (Wildman–Crippen LogP) is 2.68. The molecule has 1 N–H and O–H groups in total. The topological polar surface area (TPSA) is 29.1 Å². The van der Waals surface area contributed by atoms with Crippen LogP contribution < -0.4 is 5.32 Å². The Balaban J connectivity index is 1.76. The molecular weight excluding hydrogens is 254 g/mol. The number of hydrogen-bond acceptors (Lipinski definition) is 2. The van der Waals surface area contributed by atoms with Crippen molar-refractivity contribution in [3.05, 3.63) is 35.9 Å². The number of nitrogens with one attached hydrogen (secondary N) is 1. The lowest BCUT2D eigenvalue weighted by molar-refractivity contribution is 0.347. The molecule has 0 aromatic heterocycles. The maximum absolute atomic E-state index is 12.5. The second-order valence-corrected chi connectivity index (χ2v) is 7.83. The molecule has 0 bridgehead atoms. The van der Waals surface area contributed by atoms with Gasteiger partial charge in [-0.25, -0.2) is 0 Å². The second-order valence-electron chi connectivity index (χ2n) is 6.13. The van der Waals surface area contributed by atoms with E-state index in [0.717, 1.165) is 18.7 Å². The Labute approximate surface area is 118 Å². The maximum atomic E-state index is 12.5. The smallest absolute Gasteiger partial charge is 0.0507 e. The van der Waals surface area contributed by atoms with Gasteiger partial charge in [-0.1, -0.05) is 37.3 Å². The van der Waals surface area contributed by atoms with Gasteiger partial charge in [0.15, 0.2) is 0 Å². The summed E-state index contributed by atoms with van der Waals surface area (Å²) in [5, 5.41) is 3.99. The lowest BCUT2D eigenvalue weighted by Crippen LogP contribution is -2.44. The summed E-state index contributed by atoms with van der Waals surface area (Å²) in [4.78, 5) is 0. The monoisotopic (exact) mass is 277 g/mol. The summed E-state index contributed by atoms with van der Waals surface area (Å²) in [6.45, 7) is 3.24. The highest BCUT2D eigenvalue weighted by Crippen LogP contribution is 2.36. The van der Waals surface area contributed by atoms with Gasteiger partial charge < -0.3 is 5.32 Å². The normalized spacial score (nSPS) is 39.3. The largest absolute Gasteiger partial charge is 0.312 e. The SMILES string of the molecule is CC1CNC2CCC(c3ccccc3)CC2S(=O)C1. The Bertz CT molecular complexity index is 447. The standard InChI is InChI=1S/C16H23NOS/c1-12-10-17-15-8-7-14(9-16(15)19(18)11-12)13-5-3-2-4-6-13/h2-6,12,14-17H,7-11H2,1H3. The van der Waals surface area contributed by atoms with Gasteiger partial charge in [0.05, 0.1) is 5.25 Å². The van der Waals surface area contributed by atoms with Crippen LogP contribution in [-0.4, -0.2) is 27.8 Å². The molecule has 3 heteroatoms. The fourth-order valence-electron chi connectivity index (χ4n) is 3.50. The first kappa shape index (κ1) is 13.3. The van der Waals surface area contributed by atoms with Crippen LogP contribution in [0.5, 0.6) is 0 Å². The number of hydrogen-bond donors (Lipinski definition) is 1. The summed E-state index contributed by atoms with van der Waals surface area (Å²) in [5.41, 5.74) is 1.43. The molecule has 1 aliphatic heterocycles. The molecule has 1 aromatic rings. The van der Waals surface area contributed by atoms with E-state index in [1.807, 2.05) is 0 Å². The third kappa shape index (κ3) is 2.92. The summed E-state index contributed by atoms with van der Waals surface area (Å²) in [5.74, 6) is 2.01. The van der Waals surface area contributed by atoms with E-state index in [0.29, 0.717) is 23.1 Å². The quantitative estimate of drug-likeness (QED) is 0.855. The zero-order chi connectivity index (χ0) is 13.2. The van der Waals surface area contributed by atoms with Crippen molar-refractivity contribution in [1.29, 1.82) is 0 Å². The highest BCUT2D eigenvalue weighted by atomic mass is 32.2. The van der Waals surface area contributed by atoms with Crippen molar-refractivity contribution in [3.63, 3.8) is 0 Å². The number of fused-ring (bicyclic) bond motifs is 1. The van der Waals surface area contributed by atoms with Crippen LogP contribution in [0.15, 0.2) is 30.3 Å². The Morgan fingerprint density at radius 2 is 2.00 bits per heavy atom. The fourth-order valence-corrected chi connectivity index (χ4v) is 5.47. The summed E-state index contributed by atoms with van der Waals surface area (Å²) < 4.78 is 12.5. The third-order valence-corrected chi connectivity index (χ3v) is 6.67. The van der Waals surface area contributed by atoms with E-state index in [2.05, 4.69) is 42.6 Å². The van der Waals surface area contributed by atoms with Crippen LogP contribution in [0, 0.1) is 5.92 Å². The van der Waals surface area contributed by atoms with Crippen molar-refractivity contribution in [3.8, 4) is 0 Å². The molecule has 2 nitrogen and oxygen atoms in total. The van der Waals surface area contributed by atoms with Crippen molar-refractivity contribution in [2.24, 2.45) is 5.92 Å². The molecule has 1 saturated carbocycles. The first-order valence-corrected chi connectivity index (χ1v) is 8.77. The zero-order valence-electron chi connectivity index (χ0n) is 11.5. The molecule has 1 aliphatic carbocycles. The van der Waals surface area contributed by atoms with Crippen molar-refractivity contribution < 1.29 is 4.21 Å². The van der Waals surface area contributed by atoms with Gasteiger partial charge in [-0.15, -0.1) is 0 Å². The zero-order valence-corrected chi connectivity index (χ0v) is 12.4. The summed E-state index contributed by atoms with van der Waals surface area (Å²) in [6, 6.07) is 11.2. The molecule has 1 saturated heterocycles. The highest BCUT2D eigenvalue weighted by molar-refractivity contribution is 7.85. The van der Waals surface area contributed by atoms with Gasteiger partial charge >= 0.3 is 0 Å². The molecule has 1 heterocycles. The van der Waals surface area contributed by atoms with Crippen LogP contribution in [-0.2, 0) is 10.8 Å². The van der Waals surface area contributed by atoms with Gasteiger partial charge in [-0.2, -0.15) is 0 Å². The van der Waals surface area contributed by atoms with E-state index in [-0.39, 0.29) is 0 Å². The minimum Gasteiger partial charge on any atom is -0.312 e. The minimum absolute atomic E-state index is 0.351. The Kier molecular flexibility index (Phi) is 4.04. The van der Waals surface area contributed by atoms with E-state index in [1.165, 1.54) is 18.4 Å². The van der Waals surface area contributed by atoms with Crippen molar-refractivity contribution in [1.82, 2.24) is 5.32 Å². The average molecular weight is 277 g/mol. The maximum Gasteiger partial charge on any atom is 0.0507 e. The van der Waals surface area contributed by atoms with Gasteiger partial charge in [0.2, 0.25) is 0 Å². The van der Waals surface area contributed by atoms with Crippen LogP contribution in [0.3, 0.4) is 0 Å². The molecule has 5 atom stereocenters. The van der Waals surface area contributed by atoms with E-state index in [4.69, 9.17) is 0 Å². The van der Waals surface area contributed by atoms with E-state index in [9.17, 15) is 4.21 Å². The van der Waals surface area contributed by atoms with Crippen LogP contribution in [0.1, 0.15) is 37.7 Å². The Hall–Kier alpha value is -0.670. The molecule has 0 spiro atoms. The predicted molar refractivity (Wildman–Crippen MR) is 80.8 cm³/mol. The minimum atomic E-state index is -0.661. The van der Waals surface area contributed by atoms with Gasteiger partial charge in [0.1, 0.15) is 0 Å². The van der Waals surface area contributed by atoms with Crippen molar-refractivity contribution in [2.45, 2.75) is 43.4 Å². The van der Waals surface area contributed by atoms with Crippen molar-refractivity contribution >= 4 is 10.8 Å². The molecule has 104 valence electrons. The molecule has 0 amide bonds. The van der Waals surface area contributed by atoms with Crippen LogP contribution in [0.4, 0.5) is 0 Å². The molecule has 2 aliphatic rings. The molecule has 5 unspecified atom stereocenters.